The molecular weight excluding hydrogens is 289 g/mol. The molecule has 0 aliphatic carbocycles. The molecule has 0 heterocycles. The van der Waals surface area contributed by atoms with Gasteiger partial charge in [-0.05, 0) is 43.2 Å². The van der Waals surface area contributed by atoms with E-state index >= 15 is 0 Å². The molecule has 0 aromatic heterocycles. The summed E-state index contributed by atoms with van der Waals surface area (Å²) in [5.41, 5.74) is 3.38. The summed E-state index contributed by atoms with van der Waals surface area (Å²) in [6, 6.07) is 16.3. The van der Waals surface area contributed by atoms with Gasteiger partial charge in [0.2, 0.25) is 0 Å². The fourth-order valence-electron chi connectivity index (χ4n) is 2.22. The topological polar surface area (TPSA) is 3.24 Å². The zero-order valence-corrected chi connectivity index (χ0v) is 13.3. The maximum absolute atomic E-state index is 6.57. The Bertz CT molecular complexity index is 554. The average molecular weight is 308 g/mol. The van der Waals surface area contributed by atoms with Gasteiger partial charge in [0.25, 0.3) is 0 Å². The van der Waals surface area contributed by atoms with Gasteiger partial charge in [0, 0.05) is 23.8 Å². The standard InChI is InChI=1S/C17H19Cl2N/c1-3-20(15-7-5-4-6-8-15)12-17(19)14-9-10-16(18)13(2)11-14/h4-11,17H,3,12H2,1-2H3. The van der Waals surface area contributed by atoms with Crippen LogP contribution in [0.15, 0.2) is 48.5 Å². The van der Waals surface area contributed by atoms with Crippen molar-refractivity contribution in [2.75, 3.05) is 18.0 Å². The van der Waals surface area contributed by atoms with E-state index in [-0.39, 0.29) is 5.38 Å². The third-order valence-electron chi connectivity index (χ3n) is 3.43. The van der Waals surface area contributed by atoms with E-state index in [1.807, 2.05) is 37.3 Å². The van der Waals surface area contributed by atoms with Gasteiger partial charge < -0.3 is 4.90 Å². The lowest BCUT2D eigenvalue weighted by Crippen LogP contribution is -2.26. The van der Waals surface area contributed by atoms with Crippen LogP contribution in [0.25, 0.3) is 0 Å². The number of hydrogen-bond donors (Lipinski definition) is 0. The van der Waals surface area contributed by atoms with Crippen molar-refractivity contribution >= 4 is 28.9 Å². The van der Waals surface area contributed by atoms with Gasteiger partial charge in [-0.15, -0.1) is 11.6 Å². The molecule has 0 aliphatic rings. The first-order chi connectivity index (χ1) is 9.61. The first-order valence-electron chi connectivity index (χ1n) is 6.82. The molecule has 2 rings (SSSR count). The molecule has 0 bridgehead atoms. The summed E-state index contributed by atoms with van der Waals surface area (Å²) in [6.45, 7) is 5.86. The quantitative estimate of drug-likeness (QED) is 0.663. The SMILES string of the molecule is CCN(CC(Cl)c1ccc(Cl)c(C)c1)c1ccccc1. The fourth-order valence-corrected chi connectivity index (χ4v) is 2.64. The van der Waals surface area contributed by atoms with E-state index in [0.29, 0.717) is 0 Å². The van der Waals surface area contributed by atoms with Crippen LogP contribution in [0.2, 0.25) is 5.02 Å². The van der Waals surface area contributed by atoms with Crippen molar-refractivity contribution in [2.24, 2.45) is 0 Å². The first-order valence-corrected chi connectivity index (χ1v) is 7.63. The average Bonchev–Trinajstić information content (AvgIpc) is 2.48. The van der Waals surface area contributed by atoms with Crippen molar-refractivity contribution in [3.63, 3.8) is 0 Å². The Kier molecular flexibility index (Phi) is 5.33. The number of para-hydroxylation sites is 1. The van der Waals surface area contributed by atoms with Crippen LogP contribution in [0.3, 0.4) is 0 Å². The van der Waals surface area contributed by atoms with E-state index in [1.54, 1.807) is 0 Å². The zero-order valence-electron chi connectivity index (χ0n) is 11.8. The first kappa shape index (κ1) is 15.2. The number of nitrogens with zero attached hydrogens (tertiary/aromatic N) is 1. The van der Waals surface area contributed by atoms with E-state index in [2.05, 4.69) is 30.0 Å². The Hall–Kier alpha value is -1.18. The molecule has 0 amide bonds. The lowest BCUT2D eigenvalue weighted by atomic mass is 10.1. The summed E-state index contributed by atoms with van der Waals surface area (Å²) in [6.07, 6.45) is 0. The molecule has 2 aromatic rings. The molecule has 2 aromatic carbocycles. The summed E-state index contributed by atoms with van der Waals surface area (Å²) in [4.78, 5) is 2.28. The van der Waals surface area contributed by atoms with Crippen LogP contribution < -0.4 is 4.90 Å². The number of hydrogen-bond acceptors (Lipinski definition) is 1. The van der Waals surface area contributed by atoms with Crippen LogP contribution >= 0.6 is 23.2 Å². The summed E-state index contributed by atoms with van der Waals surface area (Å²) in [5.74, 6) is 0. The summed E-state index contributed by atoms with van der Waals surface area (Å²) in [5, 5.41) is 0.735. The van der Waals surface area contributed by atoms with Crippen LogP contribution in [0.4, 0.5) is 5.69 Å². The normalized spacial score (nSPS) is 12.2. The van der Waals surface area contributed by atoms with Crippen LogP contribution in [0.5, 0.6) is 0 Å². The third kappa shape index (κ3) is 3.68. The van der Waals surface area contributed by atoms with E-state index in [4.69, 9.17) is 23.2 Å². The molecule has 0 aliphatic heterocycles. The molecule has 3 heteroatoms. The van der Waals surface area contributed by atoms with Gasteiger partial charge >= 0.3 is 0 Å². The molecule has 20 heavy (non-hydrogen) atoms. The van der Waals surface area contributed by atoms with Gasteiger partial charge in [-0.1, -0.05) is 41.9 Å². The van der Waals surface area contributed by atoms with E-state index in [0.717, 1.165) is 29.2 Å². The predicted octanol–water partition coefficient (Wildman–Crippen LogP) is 5.45. The second-order valence-electron chi connectivity index (χ2n) is 4.85. The van der Waals surface area contributed by atoms with Crippen LogP contribution in [-0.4, -0.2) is 13.1 Å². The van der Waals surface area contributed by atoms with Crippen molar-refractivity contribution < 1.29 is 0 Å². The Morgan fingerprint density at radius 1 is 1.10 bits per heavy atom. The third-order valence-corrected chi connectivity index (χ3v) is 4.24. The molecular formula is C17H19Cl2N. The highest BCUT2D eigenvalue weighted by Gasteiger charge is 2.14. The minimum atomic E-state index is -0.0499. The molecule has 0 radical (unpaired) electrons. The van der Waals surface area contributed by atoms with Crippen LogP contribution in [0.1, 0.15) is 23.4 Å². The van der Waals surface area contributed by atoms with Gasteiger partial charge in [-0.25, -0.2) is 0 Å². The minimum absolute atomic E-state index is 0.0499. The van der Waals surface area contributed by atoms with E-state index in [9.17, 15) is 0 Å². The van der Waals surface area contributed by atoms with E-state index < -0.39 is 0 Å². The van der Waals surface area contributed by atoms with Gasteiger partial charge in [-0.2, -0.15) is 0 Å². The highest BCUT2D eigenvalue weighted by molar-refractivity contribution is 6.31. The summed E-state index contributed by atoms with van der Waals surface area (Å²) >= 11 is 12.6. The minimum Gasteiger partial charge on any atom is -0.370 e. The van der Waals surface area contributed by atoms with E-state index in [1.165, 1.54) is 5.69 Å². The Balaban J connectivity index is 2.13. The van der Waals surface area contributed by atoms with Crippen molar-refractivity contribution in [3.8, 4) is 0 Å². The van der Waals surface area contributed by atoms with Crippen LogP contribution in [0, 0.1) is 6.92 Å². The van der Waals surface area contributed by atoms with Gasteiger partial charge in [0.05, 0.1) is 5.38 Å². The number of anilines is 1. The smallest absolute Gasteiger partial charge is 0.0760 e. The number of likely N-dealkylation sites (N-methyl/N-ethyl adjacent to an activating group) is 1. The second kappa shape index (κ2) is 7.01. The number of alkyl halides is 1. The molecule has 0 saturated carbocycles. The summed E-state index contributed by atoms with van der Waals surface area (Å²) < 4.78 is 0. The van der Waals surface area contributed by atoms with Crippen molar-refractivity contribution in [1.82, 2.24) is 0 Å². The summed E-state index contributed by atoms with van der Waals surface area (Å²) in [7, 11) is 0. The number of rotatable bonds is 5. The maximum atomic E-state index is 6.57. The van der Waals surface area contributed by atoms with Gasteiger partial charge in [0.15, 0.2) is 0 Å². The highest BCUT2D eigenvalue weighted by Crippen LogP contribution is 2.27. The van der Waals surface area contributed by atoms with Crippen molar-refractivity contribution in [3.05, 3.63) is 64.7 Å². The largest absolute Gasteiger partial charge is 0.370 e. The lowest BCUT2D eigenvalue weighted by molar-refractivity contribution is 0.790. The fraction of sp³-hybridized carbons (Fsp3) is 0.294. The molecule has 0 N–H and O–H groups in total. The Morgan fingerprint density at radius 2 is 1.80 bits per heavy atom. The predicted molar refractivity (Wildman–Crippen MR) is 89.1 cm³/mol. The molecule has 0 fully saturated rings. The number of benzene rings is 2. The Labute approximate surface area is 131 Å². The maximum Gasteiger partial charge on any atom is 0.0760 e. The number of aryl methyl sites for hydroxylation is 1. The second-order valence-corrected chi connectivity index (χ2v) is 5.78. The monoisotopic (exact) mass is 307 g/mol. The van der Waals surface area contributed by atoms with Gasteiger partial charge in [-0.3, -0.25) is 0 Å². The Morgan fingerprint density at radius 3 is 2.40 bits per heavy atom. The molecule has 1 atom stereocenters. The van der Waals surface area contributed by atoms with Crippen molar-refractivity contribution in [1.29, 1.82) is 0 Å². The lowest BCUT2D eigenvalue weighted by Gasteiger charge is -2.26. The van der Waals surface area contributed by atoms with Crippen molar-refractivity contribution in [2.45, 2.75) is 19.2 Å². The van der Waals surface area contributed by atoms with Gasteiger partial charge in [0.1, 0.15) is 0 Å². The molecule has 0 saturated heterocycles. The highest BCUT2D eigenvalue weighted by atomic mass is 35.5. The van der Waals surface area contributed by atoms with Crippen LogP contribution in [-0.2, 0) is 0 Å². The molecule has 1 nitrogen and oxygen atoms in total. The molecule has 0 spiro atoms. The molecule has 106 valence electrons. The number of halogens is 2. The molecule has 1 unspecified atom stereocenters. The zero-order chi connectivity index (χ0) is 14.5.